The first-order valence-corrected chi connectivity index (χ1v) is 10.6. The Morgan fingerprint density at radius 2 is 1.85 bits per heavy atom. The monoisotopic (exact) mass is 364 g/mol. The van der Waals surface area contributed by atoms with Crippen LogP contribution in [0.25, 0.3) is 11.2 Å². The van der Waals surface area contributed by atoms with Gasteiger partial charge in [0.2, 0.25) is 5.95 Å². The van der Waals surface area contributed by atoms with Gasteiger partial charge in [0.15, 0.2) is 5.65 Å². The van der Waals surface area contributed by atoms with Gasteiger partial charge in [0, 0.05) is 23.2 Å². The van der Waals surface area contributed by atoms with Crippen LogP contribution in [0.3, 0.4) is 0 Å². The molecule has 2 heterocycles. The van der Waals surface area contributed by atoms with Crippen molar-refractivity contribution in [2.45, 2.75) is 57.8 Å². The molecule has 0 spiro atoms. The van der Waals surface area contributed by atoms with Crippen LogP contribution in [0, 0.1) is 23.2 Å². The van der Waals surface area contributed by atoms with Crippen LogP contribution in [0.15, 0.2) is 18.3 Å². The van der Waals surface area contributed by atoms with E-state index in [-0.39, 0.29) is 0 Å². The van der Waals surface area contributed by atoms with Crippen molar-refractivity contribution in [3.8, 4) is 5.75 Å². The maximum atomic E-state index is 6.59. The van der Waals surface area contributed by atoms with E-state index in [9.17, 15) is 0 Å². The highest BCUT2D eigenvalue weighted by molar-refractivity contribution is 5.73. The second-order valence-corrected chi connectivity index (χ2v) is 9.67. The van der Waals surface area contributed by atoms with E-state index in [0.717, 1.165) is 48.6 Å². The first-order chi connectivity index (χ1) is 13.2. The Morgan fingerprint density at radius 1 is 1.11 bits per heavy atom. The van der Waals surface area contributed by atoms with E-state index in [0.29, 0.717) is 11.4 Å². The fourth-order valence-electron chi connectivity index (χ4n) is 6.91. The minimum atomic E-state index is 0.412. The van der Waals surface area contributed by atoms with Crippen molar-refractivity contribution in [2.24, 2.45) is 23.2 Å². The molecule has 0 saturated heterocycles. The molecule has 0 aliphatic heterocycles. The predicted molar refractivity (Wildman–Crippen MR) is 105 cm³/mol. The number of aromatic nitrogens is 3. The zero-order valence-corrected chi connectivity index (χ0v) is 15.9. The Balaban J connectivity index is 1.33. The van der Waals surface area contributed by atoms with E-state index >= 15 is 0 Å². The molecule has 5 aliphatic carbocycles. The van der Waals surface area contributed by atoms with Gasteiger partial charge in [0.05, 0.1) is 6.61 Å². The second kappa shape index (κ2) is 5.73. The third-order valence-corrected chi connectivity index (χ3v) is 7.62. The van der Waals surface area contributed by atoms with Gasteiger partial charge in [0.1, 0.15) is 5.75 Å². The summed E-state index contributed by atoms with van der Waals surface area (Å²) < 4.78 is 8.47. The van der Waals surface area contributed by atoms with Crippen LogP contribution >= 0.6 is 0 Å². The molecule has 5 aliphatic rings. The quantitative estimate of drug-likeness (QED) is 0.869. The van der Waals surface area contributed by atoms with Crippen LogP contribution in [0.1, 0.15) is 63.4 Å². The number of nitrogen functional groups attached to an aromatic ring is 1. The van der Waals surface area contributed by atoms with Gasteiger partial charge in [-0.15, -0.1) is 10.2 Å². The van der Waals surface area contributed by atoms with Crippen LogP contribution in [-0.4, -0.2) is 21.2 Å². The lowest BCUT2D eigenvalue weighted by Crippen LogP contribution is -2.48. The summed E-state index contributed by atoms with van der Waals surface area (Å²) in [6, 6.07) is 2.04. The molecule has 27 heavy (non-hydrogen) atoms. The van der Waals surface area contributed by atoms with Crippen molar-refractivity contribution in [1.82, 2.24) is 14.6 Å². The molecule has 0 radical (unpaired) electrons. The molecule has 4 bridgehead atoms. The second-order valence-electron chi connectivity index (χ2n) is 9.67. The molecule has 2 aromatic rings. The first kappa shape index (κ1) is 16.0. The average Bonchev–Trinajstić information content (AvgIpc) is 3.28. The minimum absolute atomic E-state index is 0.412. The topological polar surface area (TPSA) is 65.4 Å². The Hall–Kier alpha value is -2.04. The maximum absolute atomic E-state index is 6.59. The van der Waals surface area contributed by atoms with Gasteiger partial charge in [-0.05, 0) is 81.1 Å². The number of pyridine rings is 1. The molecule has 2 N–H and O–H groups in total. The van der Waals surface area contributed by atoms with E-state index in [1.54, 1.807) is 0 Å². The third kappa shape index (κ3) is 2.58. The van der Waals surface area contributed by atoms with Gasteiger partial charge in [0.25, 0.3) is 0 Å². The zero-order chi connectivity index (χ0) is 18.0. The Labute approximate surface area is 160 Å². The summed E-state index contributed by atoms with van der Waals surface area (Å²) in [5.74, 6) is 4.28. The van der Waals surface area contributed by atoms with Crippen LogP contribution in [-0.2, 0) is 0 Å². The molecule has 0 unspecified atom stereocenters. The normalized spacial score (nSPS) is 34.4. The number of allylic oxidation sites excluding steroid dienone is 2. The van der Waals surface area contributed by atoms with E-state index in [4.69, 9.17) is 10.5 Å². The predicted octanol–water partition coefficient (Wildman–Crippen LogP) is 4.47. The van der Waals surface area contributed by atoms with Crippen LogP contribution < -0.4 is 10.5 Å². The molecule has 0 amide bonds. The molecule has 142 valence electrons. The average molecular weight is 364 g/mol. The van der Waals surface area contributed by atoms with E-state index in [2.05, 4.69) is 22.5 Å². The SMILES string of the molecule is Nc1nnc2cc(OCC34CC5CC(CC(C5)C3)C4)c(C3=CCCC3)cn12. The van der Waals surface area contributed by atoms with E-state index in [1.165, 1.54) is 56.1 Å². The summed E-state index contributed by atoms with van der Waals surface area (Å²) in [4.78, 5) is 0. The van der Waals surface area contributed by atoms with Crippen LogP contribution in [0.4, 0.5) is 5.95 Å². The number of anilines is 1. The Bertz CT molecular complexity index is 892. The van der Waals surface area contributed by atoms with E-state index in [1.807, 2.05) is 10.5 Å². The maximum Gasteiger partial charge on any atom is 0.226 e. The lowest BCUT2D eigenvalue weighted by atomic mass is 9.50. The molecule has 7 rings (SSSR count). The number of ether oxygens (including phenoxy) is 1. The van der Waals surface area contributed by atoms with Gasteiger partial charge >= 0.3 is 0 Å². The van der Waals surface area contributed by atoms with Crippen LogP contribution in [0.2, 0.25) is 0 Å². The highest BCUT2D eigenvalue weighted by Crippen LogP contribution is 2.60. The van der Waals surface area contributed by atoms with Crippen molar-refractivity contribution in [3.05, 3.63) is 23.9 Å². The van der Waals surface area contributed by atoms with Crippen LogP contribution in [0.5, 0.6) is 5.75 Å². The van der Waals surface area contributed by atoms with Crippen molar-refractivity contribution in [3.63, 3.8) is 0 Å². The molecule has 4 saturated carbocycles. The summed E-state index contributed by atoms with van der Waals surface area (Å²) in [6.45, 7) is 0.858. The van der Waals surface area contributed by atoms with Gasteiger partial charge in [-0.3, -0.25) is 4.40 Å². The van der Waals surface area contributed by atoms with Gasteiger partial charge < -0.3 is 10.5 Å². The smallest absolute Gasteiger partial charge is 0.226 e. The summed E-state index contributed by atoms with van der Waals surface area (Å²) >= 11 is 0. The summed E-state index contributed by atoms with van der Waals surface area (Å²) in [5, 5.41) is 8.24. The van der Waals surface area contributed by atoms with Crippen molar-refractivity contribution >= 4 is 17.2 Å². The number of nitrogens with two attached hydrogens (primary N) is 1. The zero-order valence-electron chi connectivity index (χ0n) is 15.9. The largest absolute Gasteiger partial charge is 0.492 e. The molecule has 0 aromatic carbocycles. The lowest BCUT2D eigenvalue weighted by Gasteiger charge is -2.56. The number of hydrogen-bond acceptors (Lipinski definition) is 4. The summed E-state index contributed by atoms with van der Waals surface area (Å²) in [6.07, 6.45) is 16.5. The molecule has 2 aromatic heterocycles. The summed E-state index contributed by atoms with van der Waals surface area (Å²) in [7, 11) is 0. The molecule has 4 fully saturated rings. The van der Waals surface area contributed by atoms with Gasteiger partial charge in [-0.25, -0.2) is 0 Å². The summed E-state index contributed by atoms with van der Waals surface area (Å²) in [5.41, 5.74) is 9.74. The van der Waals surface area contributed by atoms with Crippen molar-refractivity contribution in [1.29, 1.82) is 0 Å². The molecule has 0 atom stereocenters. The van der Waals surface area contributed by atoms with E-state index < -0.39 is 0 Å². The Kier molecular flexibility index (Phi) is 3.39. The minimum Gasteiger partial charge on any atom is -0.492 e. The highest BCUT2D eigenvalue weighted by atomic mass is 16.5. The lowest BCUT2D eigenvalue weighted by molar-refractivity contribution is -0.0745. The Morgan fingerprint density at radius 3 is 2.52 bits per heavy atom. The fourth-order valence-corrected chi connectivity index (χ4v) is 6.91. The number of hydrogen-bond donors (Lipinski definition) is 1. The molecular formula is C22H28N4O. The molecule has 5 nitrogen and oxygen atoms in total. The molecule has 5 heteroatoms. The number of rotatable bonds is 4. The fraction of sp³-hybridized carbons (Fsp3) is 0.636. The third-order valence-electron chi connectivity index (χ3n) is 7.62. The standard InChI is InChI=1S/C22H28N4O/c23-21-25-24-20-8-19(18(12-26(20)21)17-3-1-2-4-17)27-13-22-9-14-5-15(10-22)7-16(6-14)11-22/h3,8,12,14-16H,1-2,4-7,9-11,13H2,(H2,23,25). The van der Waals surface area contributed by atoms with Gasteiger partial charge in [-0.1, -0.05) is 6.08 Å². The van der Waals surface area contributed by atoms with Gasteiger partial charge in [-0.2, -0.15) is 0 Å². The number of fused-ring (bicyclic) bond motifs is 1. The first-order valence-electron chi connectivity index (χ1n) is 10.6. The van der Waals surface area contributed by atoms with Crippen molar-refractivity contribution < 1.29 is 4.74 Å². The molecular weight excluding hydrogens is 336 g/mol. The number of nitrogens with zero attached hydrogens (tertiary/aromatic N) is 3. The highest BCUT2D eigenvalue weighted by Gasteiger charge is 2.51. The van der Waals surface area contributed by atoms with Crippen molar-refractivity contribution in [2.75, 3.05) is 12.3 Å².